The molecule has 0 saturated heterocycles. The van der Waals surface area contributed by atoms with Gasteiger partial charge in [-0.25, -0.2) is 13.4 Å². The van der Waals surface area contributed by atoms with E-state index in [0.717, 1.165) is 20.5 Å². The summed E-state index contributed by atoms with van der Waals surface area (Å²) in [4.78, 5) is 22.7. The number of fused-ring (bicyclic) bond motifs is 2. The minimum atomic E-state index is -4.21. The van der Waals surface area contributed by atoms with Crippen molar-refractivity contribution in [2.24, 2.45) is 12.8 Å². The molecule has 0 amide bonds. The number of benzene rings is 3. The van der Waals surface area contributed by atoms with Crippen molar-refractivity contribution in [1.29, 1.82) is 5.41 Å². The molecule has 0 saturated carbocycles. The Bertz CT molecular complexity index is 1860. The highest BCUT2D eigenvalue weighted by Gasteiger charge is 2.30. The van der Waals surface area contributed by atoms with Crippen LogP contribution in [0.5, 0.6) is 0 Å². The number of nitrogens with zero attached hydrogens (tertiary/aromatic N) is 4. The summed E-state index contributed by atoms with van der Waals surface area (Å²) >= 11 is 1.58. The first kappa shape index (κ1) is 28.1. The van der Waals surface area contributed by atoms with Crippen molar-refractivity contribution in [3.8, 4) is 0 Å². The van der Waals surface area contributed by atoms with E-state index >= 15 is 0 Å². The maximum absolute atomic E-state index is 14.0. The van der Waals surface area contributed by atoms with Crippen LogP contribution in [0.3, 0.4) is 0 Å². The van der Waals surface area contributed by atoms with Crippen LogP contribution >= 0.6 is 11.8 Å². The number of nitrogens with one attached hydrogen (secondary N) is 1. The third-order valence-corrected chi connectivity index (χ3v) is 9.33. The molecule has 12 heteroatoms. The van der Waals surface area contributed by atoms with Gasteiger partial charge in [0.05, 0.1) is 34.6 Å². The minimum absolute atomic E-state index is 0.00565. The fourth-order valence-electron chi connectivity index (χ4n) is 4.44. The van der Waals surface area contributed by atoms with Crippen molar-refractivity contribution >= 4 is 61.2 Å². The van der Waals surface area contributed by atoms with E-state index < -0.39 is 22.5 Å². The Labute approximate surface area is 241 Å². The first-order valence-corrected chi connectivity index (χ1v) is 15.2. The van der Waals surface area contributed by atoms with E-state index in [1.165, 1.54) is 12.3 Å². The third kappa shape index (κ3) is 5.74. The van der Waals surface area contributed by atoms with Gasteiger partial charge in [0.2, 0.25) is 0 Å². The number of rotatable bonds is 10. The van der Waals surface area contributed by atoms with Crippen LogP contribution in [0.2, 0.25) is 0 Å². The number of esters is 1. The van der Waals surface area contributed by atoms with Crippen molar-refractivity contribution in [2.45, 2.75) is 22.5 Å². The standard InChI is InChI=1S/C29H28N6O4S2/c1-3-39-27(36)17-35(41(37,38)25-8-4-6-19-7-5-15-32-28(19)25)21-11-14-24-23(16-21)33-26(34(24)2)18-40-22-12-9-20(10-13-22)29(30)31/h4-16H,3,17-18H2,1-2H3,(H3,30,31). The predicted molar refractivity (Wildman–Crippen MR) is 161 cm³/mol. The van der Waals surface area contributed by atoms with Crippen LogP contribution in [0.4, 0.5) is 5.69 Å². The smallest absolute Gasteiger partial charge is 0.326 e. The average molecular weight is 589 g/mol. The van der Waals surface area contributed by atoms with Crippen LogP contribution in [0.25, 0.3) is 21.9 Å². The summed E-state index contributed by atoms with van der Waals surface area (Å²) < 4.78 is 36.2. The maximum atomic E-state index is 14.0. The molecule has 5 rings (SSSR count). The summed E-state index contributed by atoms with van der Waals surface area (Å²) in [5.41, 5.74) is 8.22. The molecule has 2 heterocycles. The first-order chi connectivity index (χ1) is 19.7. The Kier molecular flexibility index (Phi) is 7.95. The molecule has 0 unspecified atom stereocenters. The lowest BCUT2D eigenvalue weighted by Gasteiger charge is -2.24. The van der Waals surface area contributed by atoms with Crippen LogP contribution in [0, 0.1) is 5.41 Å². The number of pyridine rings is 1. The Hall–Kier alpha value is -4.42. The second kappa shape index (κ2) is 11.6. The van der Waals surface area contributed by atoms with Gasteiger partial charge in [-0.05, 0) is 49.4 Å². The number of aromatic nitrogens is 3. The molecular formula is C29H28N6O4S2. The second-order valence-corrected chi connectivity index (χ2v) is 12.0. The van der Waals surface area contributed by atoms with Gasteiger partial charge < -0.3 is 15.0 Å². The SMILES string of the molecule is CCOC(=O)CN(c1ccc2c(c1)nc(CSc1ccc(C(=N)N)cc1)n2C)S(=O)(=O)c1cccc2cccnc12. The quantitative estimate of drug-likeness (QED) is 0.105. The number of ether oxygens (including phenoxy) is 1. The molecular weight excluding hydrogens is 560 g/mol. The molecule has 0 aliphatic carbocycles. The first-order valence-electron chi connectivity index (χ1n) is 12.7. The van der Waals surface area contributed by atoms with Gasteiger partial charge in [0.25, 0.3) is 10.0 Å². The van der Waals surface area contributed by atoms with Crippen LogP contribution in [0.15, 0.2) is 88.8 Å². The molecule has 0 aliphatic heterocycles. The van der Waals surface area contributed by atoms with Crippen molar-refractivity contribution in [3.63, 3.8) is 0 Å². The van der Waals surface area contributed by atoms with Gasteiger partial charge >= 0.3 is 5.97 Å². The predicted octanol–water partition coefficient (Wildman–Crippen LogP) is 4.46. The molecule has 0 radical (unpaired) electrons. The number of carbonyl (C=O) groups excluding carboxylic acids is 1. The Morgan fingerprint density at radius 2 is 1.85 bits per heavy atom. The van der Waals surface area contributed by atoms with Crippen molar-refractivity contribution in [2.75, 3.05) is 17.5 Å². The van der Waals surface area contributed by atoms with Crippen molar-refractivity contribution in [3.05, 3.63) is 90.4 Å². The topological polar surface area (TPSA) is 144 Å². The Morgan fingerprint density at radius 1 is 1.10 bits per heavy atom. The molecule has 0 bridgehead atoms. The van der Waals surface area contributed by atoms with E-state index in [4.69, 9.17) is 20.9 Å². The molecule has 0 spiro atoms. The highest BCUT2D eigenvalue weighted by molar-refractivity contribution is 7.98. The number of nitrogen functional groups attached to an aromatic ring is 1. The number of para-hydroxylation sites is 1. The van der Waals surface area contributed by atoms with Gasteiger partial charge in [-0.1, -0.05) is 30.3 Å². The normalized spacial score (nSPS) is 11.6. The summed E-state index contributed by atoms with van der Waals surface area (Å²) in [5, 5.41) is 8.22. The van der Waals surface area contributed by atoms with E-state index in [1.54, 1.807) is 73.3 Å². The van der Waals surface area contributed by atoms with E-state index in [9.17, 15) is 13.2 Å². The maximum Gasteiger partial charge on any atom is 0.326 e. The molecule has 2 aromatic heterocycles. The third-order valence-electron chi connectivity index (χ3n) is 6.52. The number of hydrogen-bond acceptors (Lipinski definition) is 8. The zero-order valence-electron chi connectivity index (χ0n) is 22.4. The number of carbonyl (C=O) groups is 1. The number of anilines is 1. The molecule has 41 heavy (non-hydrogen) atoms. The van der Waals surface area contributed by atoms with Gasteiger partial charge in [-0.15, -0.1) is 11.8 Å². The van der Waals surface area contributed by atoms with E-state index in [0.29, 0.717) is 27.7 Å². The molecule has 3 aromatic carbocycles. The second-order valence-electron chi connectivity index (χ2n) is 9.13. The molecule has 0 atom stereocenters. The van der Waals surface area contributed by atoms with Crippen molar-refractivity contribution < 1.29 is 17.9 Å². The Morgan fingerprint density at radius 3 is 2.59 bits per heavy atom. The highest BCUT2D eigenvalue weighted by atomic mass is 32.2. The number of nitrogens with two attached hydrogens (primary N) is 1. The number of thioether (sulfide) groups is 1. The fourth-order valence-corrected chi connectivity index (χ4v) is 6.89. The fraction of sp³-hybridized carbons (Fsp3) is 0.172. The monoisotopic (exact) mass is 588 g/mol. The molecule has 5 aromatic rings. The number of imidazole rings is 1. The summed E-state index contributed by atoms with van der Waals surface area (Å²) in [5.74, 6) is 0.699. The molecule has 3 N–H and O–H groups in total. The number of hydrogen-bond donors (Lipinski definition) is 2. The van der Waals surface area contributed by atoms with Crippen LogP contribution < -0.4 is 10.0 Å². The molecule has 0 aliphatic rings. The van der Waals surface area contributed by atoms with Gasteiger partial charge in [-0.3, -0.25) is 19.5 Å². The minimum Gasteiger partial charge on any atom is -0.465 e. The summed E-state index contributed by atoms with van der Waals surface area (Å²) in [6.07, 6.45) is 1.54. The van der Waals surface area contributed by atoms with Crippen molar-refractivity contribution in [1.82, 2.24) is 14.5 Å². The van der Waals surface area contributed by atoms with E-state index in [1.807, 2.05) is 23.7 Å². The van der Waals surface area contributed by atoms with Crippen LogP contribution in [-0.4, -0.2) is 47.9 Å². The summed E-state index contributed by atoms with van der Waals surface area (Å²) in [6.45, 7) is 1.29. The number of sulfonamides is 1. The average Bonchev–Trinajstić information content (AvgIpc) is 3.29. The van der Waals surface area contributed by atoms with Gasteiger partial charge in [0.15, 0.2) is 0 Å². The largest absolute Gasteiger partial charge is 0.465 e. The lowest BCUT2D eigenvalue weighted by atomic mass is 10.2. The lowest BCUT2D eigenvalue weighted by molar-refractivity contribution is -0.141. The van der Waals surface area contributed by atoms with Crippen LogP contribution in [-0.2, 0) is 32.4 Å². The number of amidine groups is 1. The summed E-state index contributed by atoms with van der Waals surface area (Å²) in [7, 11) is -2.31. The zero-order valence-corrected chi connectivity index (χ0v) is 24.1. The Balaban J connectivity index is 1.50. The van der Waals surface area contributed by atoms with Crippen LogP contribution in [0.1, 0.15) is 18.3 Å². The highest BCUT2D eigenvalue weighted by Crippen LogP contribution is 2.31. The molecule has 0 fully saturated rings. The zero-order chi connectivity index (χ0) is 29.1. The lowest BCUT2D eigenvalue weighted by Crippen LogP contribution is -2.36. The summed E-state index contributed by atoms with van der Waals surface area (Å²) in [6, 6.07) is 21.0. The number of aryl methyl sites for hydroxylation is 1. The molecule has 10 nitrogen and oxygen atoms in total. The van der Waals surface area contributed by atoms with E-state index in [2.05, 4.69) is 4.98 Å². The van der Waals surface area contributed by atoms with Gasteiger partial charge in [-0.2, -0.15) is 0 Å². The van der Waals surface area contributed by atoms with Gasteiger partial charge in [0, 0.05) is 29.1 Å². The van der Waals surface area contributed by atoms with E-state index in [-0.39, 0.29) is 23.0 Å². The molecule has 210 valence electrons. The van der Waals surface area contributed by atoms with Gasteiger partial charge in [0.1, 0.15) is 23.1 Å².